The van der Waals surface area contributed by atoms with E-state index in [0.29, 0.717) is 5.69 Å². The SMILES string of the molecule is CC(C)(C)[S+]([O-])N=Cc1ncc(F)cc1Cl. The summed E-state index contributed by atoms with van der Waals surface area (Å²) in [6, 6.07) is 1.13. The molecule has 1 aromatic rings. The molecule has 0 fully saturated rings. The van der Waals surface area contributed by atoms with Crippen LogP contribution in [0.2, 0.25) is 5.02 Å². The van der Waals surface area contributed by atoms with Gasteiger partial charge >= 0.3 is 0 Å². The molecule has 0 saturated heterocycles. The number of aromatic nitrogens is 1. The van der Waals surface area contributed by atoms with Crippen molar-refractivity contribution in [1.82, 2.24) is 4.98 Å². The zero-order valence-electron chi connectivity index (χ0n) is 9.20. The number of hydrogen-bond acceptors (Lipinski definition) is 3. The highest BCUT2D eigenvalue weighted by molar-refractivity contribution is 7.91. The summed E-state index contributed by atoms with van der Waals surface area (Å²) in [6.45, 7) is 5.42. The van der Waals surface area contributed by atoms with Gasteiger partial charge in [0.1, 0.15) is 33.8 Å². The average Bonchev–Trinajstić information content (AvgIpc) is 2.14. The minimum atomic E-state index is -1.37. The fourth-order valence-corrected chi connectivity index (χ4v) is 1.49. The van der Waals surface area contributed by atoms with Gasteiger partial charge in [-0.1, -0.05) is 16.0 Å². The lowest BCUT2D eigenvalue weighted by Crippen LogP contribution is -2.25. The van der Waals surface area contributed by atoms with E-state index in [4.69, 9.17) is 11.6 Å². The first-order valence-corrected chi connectivity index (χ1v) is 6.06. The lowest BCUT2D eigenvalue weighted by atomic mass is 10.3. The molecule has 88 valence electrons. The van der Waals surface area contributed by atoms with Gasteiger partial charge in [0.15, 0.2) is 0 Å². The molecule has 0 radical (unpaired) electrons. The number of rotatable bonds is 2. The highest BCUT2D eigenvalue weighted by atomic mass is 35.5. The molecule has 0 spiro atoms. The molecule has 0 aliphatic rings. The van der Waals surface area contributed by atoms with Gasteiger partial charge in [0.25, 0.3) is 0 Å². The van der Waals surface area contributed by atoms with Crippen LogP contribution >= 0.6 is 11.6 Å². The molecule has 1 aromatic heterocycles. The van der Waals surface area contributed by atoms with Crippen molar-refractivity contribution in [3.63, 3.8) is 0 Å². The van der Waals surface area contributed by atoms with Crippen LogP contribution in [0.1, 0.15) is 26.5 Å². The Morgan fingerprint density at radius 3 is 2.69 bits per heavy atom. The third-order valence-electron chi connectivity index (χ3n) is 1.63. The highest BCUT2D eigenvalue weighted by Gasteiger charge is 2.25. The van der Waals surface area contributed by atoms with Gasteiger partial charge in [0.05, 0.1) is 11.2 Å². The van der Waals surface area contributed by atoms with E-state index >= 15 is 0 Å². The molecule has 6 heteroatoms. The van der Waals surface area contributed by atoms with E-state index in [1.54, 1.807) is 20.8 Å². The van der Waals surface area contributed by atoms with Gasteiger partial charge < -0.3 is 4.55 Å². The maximum Gasteiger partial charge on any atom is 0.144 e. The third kappa shape index (κ3) is 3.73. The van der Waals surface area contributed by atoms with Crippen molar-refractivity contribution >= 4 is 29.2 Å². The summed E-state index contributed by atoms with van der Waals surface area (Å²) in [5, 5.41) is 0.148. The van der Waals surface area contributed by atoms with E-state index in [9.17, 15) is 8.94 Å². The van der Waals surface area contributed by atoms with E-state index in [-0.39, 0.29) is 5.02 Å². The normalized spacial score (nSPS) is 14.4. The van der Waals surface area contributed by atoms with Crippen molar-refractivity contribution in [2.75, 3.05) is 0 Å². The molecule has 0 bridgehead atoms. The van der Waals surface area contributed by atoms with Gasteiger partial charge in [-0.3, -0.25) is 4.98 Å². The van der Waals surface area contributed by atoms with E-state index in [1.807, 2.05) is 0 Å². The predicted molar refractivity (Wildman–Crippen MR) is 64.7 cm³/mol. The molecule has 0 saturated carbocycles. The van der Waals surface area contributed by atoms with Crippen LogP contribution in [0.4, 0.5) is 4.39 Å². The summed E-state index contributed by atoms with van der Waals surface area (Å²) in [5.41, 5.74) is 0.306. The first-order valence-electron chi connectivity index (χ1n) is 4.58. The Kier molecular flexibility index (Phi) is 4.29. The molecule has 0 N–H and O–H groups in total. The van der Waals surface area contributed by atoms with Crippen molar-refractivity contribution in [2.24, 2.45) is 4.40 Å². The summed E-state index contributed by atoms with van der Waals surface area (Å²) in [5.74, 6) is -0.515. The van der Waals surface area contributed by atoms with Crippen molar-refractivity contribution in [2.45, 2.75) is 25.5 Å². The van der Waals surface area contributed by atoms with Crippen LogP contribution in [0, 0.1) is 5.82 Å². The monoisotopic (exact) mass is 262 g/mol. The summed E-state index contributed by atoms with van der Waals surface area (Å²) in [7, 11) is 0. The Morgan fingerprint density at radius 1 is 1.56 bits per heavy atom. The second-order valence-electron chi connectivity index (χ2n) is 4.12. The van der Waals surface area contributed by atoms with Crippen molar-refractivity contribution in [3.05, 3.63) is 28.8 Å². The van der Waals surface area contributed by atoms with Crippen molar-refractivity contribution in [1.29, 1.82) is 0 Å². The van der Waals surface area contributed by atoms with Gasteiger partial charge in [0.2, 0.25) is 0 Å². The van der Waals surface area contributed by atoms with E-state index in [2.05, 4.69) is 9.38 Å². The molecule has 1 heterocycles. The predicted octanol–water partition coefficient (Wildman–Crippen LogP) is 2.76. The van der Waals surface area contributed by atoms with Gasteiger partial charge in [-0.2, -0.15) is 0 Å². The van der Waals surface area contributed by atoms with Crippen LogP contribution in [-0.4, -0.2) is 20.5 Å². The van der Waals surface area contributed by atoms with Crippen molar-refractivity contribution < 1.29 is 8.94 Å². The molecular weight excluding hydrogens is 251 g/mol. The molecule has 16 heavy (non-hydrogen) atoms. The minimum absolute atomic E-state index is 0.148. The van der Waals surface area contributed by atoms with Crippen LogP contribution in [0.15, 0.2) is 16.7 Å². The summed E-state index contributed by atoms with van der Waals surface area (Å²) in [6.07, 6.45) is 2.33. The minimum Gasteiger partial charge on any atom is -0.591 e. The maximum absolute atomic E-state index is 12.7. The Labute approximate surface area is 102 Å². The molecule has 0 amide bonds. The number of nitrogens with zero attached hydrogens (tertiary/aromatic N) is 2. The summed E-state index contributed by atoms with van der Waals surface area (Å²) >= 11 is 4.36. The van der Waals surface area contributed by atoms with E-state index < -0.39 is 21.9 Å². The Hall–Kier alpha value is -0.650. The zero-order valence-corrected chi connectivity index (χ0v) is 10.8. The first-order chi connectivity index (χ1) is 7.30. The first kappa shape index (κ1) is 13.4. The maximum atomic E-state index is 12.7. The van der Waals surface area contributed by atoms with E-state index in [1.165, 1.54) is 6.21 Å². The third-order valence-corrected chi connectivity index (χ3v) is 3.28. The van der Waals surface area contributed by atoms with Crippen molar-refractivity contribution in [3.8, 4) is 0 Å². The quantitative estimate of drug-likeness (QED) is 0.608. The van der Waals surface area contributed by atoms with Crippen LogP contribution < -0.4 is 0 Å². The van der Waals surface area contributed by atoms with Crippen LogP contribution in [0.5, 0.6) is 0 Å². The average molecular weight is 263 g/mol. The Balaban J connectivity index is 2.85. The van der Waals surface area contributed by atoms with Gasteiger partial charge in [0, 0.05) is 0 Å². The molecule has 0 aromatic carbocycles. The van der Waals surface area contributed by atoms with E-state index in [0.717, 1.165) is 12.3 Å². The lowest BCUT2D eigenvalue weighted by Gasteiger charge is -2.17. The molecule has 0 aliphatic heterocycles. The molecule has 0 aliphatic carbocycles. The lowest BCUT2D eigenvalue weighted by molar-refractivity contribution is 0.562. The molecular formula is C10H12ClFN2OS. The number of halogens is 2. The van der Waals surface area contributed by atoms with Gasteiger partial charge in [-0.05, 0) is 26.8 Å². The van der Waals surface area contributed by atoms with Gasteiger partial charge in [-0.15, -0.1) is 0 Å². The van der Waals surface area contributed by atoms with Crippen LogP contribution in [-0.2, 0) is 11.4 Å². The molecule has 1 atom stereocenters. The second-order valence-corrected chi connectivity index (χ2v) is 6.46. The molecule has 1 unspecified atom stereocenters. The second kappa shape index (κ2) is 5.12. The molecule has 1 rings (SSSR count). The van der Waals surface area contributed by atoms with Crippen LogP contribution in [0.3, 0.4) is 0 Å². The summed E-state index contributed by atoms with van der Waals surface area (Å²) in [4.78, 5) is 3.74. The zero-order chi connectivity index (χ0) is 12.3. The summed E-state index contributed by atoms with van der Waals surface area (Å²) < 4.78 is 27.7. The largest absolute Gasteiger partial charge is 0.591 e. The smallest absolute Gasteiger partial charge is 0.144 e. The Morgan fingerprint density at radius 2 is 2.19 bits per heavy atom. The number of hydrogen-bond donors (Lipinski definition) is 0. The fourth-order valence-electron chi connectivity index (χ4n) is 0.776. The number of pyridine rings is 1. The standard InChI is InChI=1S/C10H12ClFN2OS/c1-10(2,3)16(15)14-6-9-8(11)4-7(12)5-13-9/h4-6H,1-3H3. The molecule has 3 nitrogen and oxygen atoms in total. The van der Waals surface area contributed by atoms with Gasteiger partial charge in [-0.25, -0.2) is 4.39 Å². The highest BCUT2D eigenvalue weighted by Crippen LogP contribution is 2.18. The topological polar surface area (TPSA) is 48.3 Å². The Bertz CT molecular complexity index is 406. The fraction of sp³-hybridized carbons (Fsp3) is 0.400. The van der Waals surface area contributed by atoms with Crippen LogP contribution in [0.25, 0.3) is 0 Å².